The molecule has 5 nitrogen and oxygen atoms in total. The number of nitrogens with two attached hydrogens (primary N) is 1. The second kappa shape index (κ2) is 10.6. The molecule has 2 aliphatic rings. The minimum atomic E-state index is -0.294. The van der Waals surface area contributed by atoms with Crippen LogP contribution in [0.3, 0.4) is 0 Å². The van der Waals surface area contributed by atoms with Gasteiger partial charge >= 0.3 is 0 Å². The fraction of sp³-hybridized carbons (Fsp3) is 0.929. The molecule has 7 heteroatoms. The van der Waals surface area contributed by atoms with Gasteiger partial charge in [0.15, 0.2) is 0 Å². The largest absolute Gasteiger partial charge is 0.364 e. The maximum Gasteiger partial charge on any atom is 0.249 e. The van der Waals surface area contributed by atoms with Crippen molar-refractivity contribution in [3.05, 3.63) is 0 Å². The Morgan fingerprint density at radius 1 is 1.29 bits per heavy atom. The van der Waals surface area contributed by atoms with Crippen LogP contribution >= 0.6 is 24.8 Å². The molecule has 0 saturated carbocycles. The van der Waals surface area contributed by atoms with E-state index in [0.29, 0.717) is 6.54 Å². The highest BCUT2D eigenvalue weighted by Gasteiger charge is 2.30. The zero-order chi connectivity index (χ0) is 13.7. The summed E-state index contributed by atoms with van der Waals surface area (Å²) in [6.07, 6.45) is 5.37. The molecule has 2 saturated heterocycles. The second-order valence-electron chi connectivity index (χ2n) is 5.83. The number of carbonyl (C=O) groups excluding carboxylic acids is 1. The zero-order valence-corrected chi connectivity index (χ0v) is 14.4. The van der Waals surface area contributed by atoms with Crippen LogP contribution in [0.25, 0.3) is 0 Å². The van der Waals surface area contributed by atoms with E-state index in [0.717, 1.165) is 32.5 Å². The number of hydrogen-bond donors (Lipinski definition) is 2. The highest BCUT2D eigenvalue weighted by molar-refractivity contribution is 5.85. The maximum absolute atomic E-state index is 12.1. The summed E-state index contributed by atoms with van der Waals surface area (Å²) in [5, 5.41) is 3.07. The number of nitrogens with zero attached hydrogens (tertiary/aromatic N) is 1. The van der Waals surface area contributed by atoms with Gasteiger partial charge < -0.3 is 20.7 Å². The second-order valence-corrected chi connectivity index (χ2v) is 5.83. The van der Waals surface area contributed by atoms with E-state index in [1.165, 1.54) is 19.3 Å². The summed E-state index contributed by atoms with van der Waals surface area (Å²) >= 11 is 0. The van der Waals surface area contributed by atoms with Gasteiger partial charge in [-0.2, -0.15) is 0 Å². The van der Waals surface area contributed by atoms with Crippen molar-refractivity contribution in [3.8, 4) is 0 Å². The van der Waals surface area contributed by atoms with Gasteiger partial charge in [0, 0.05) is 19.1 Å². The van der Waals surface area contributed by atoms with Crippen LogP contribution in [0.15, 0.2) is 0 Å². The number of piperidine rings is 1. The summed E-state index contributed by atoms with van der Waals surface area (Å²) in [6, 6.07) is 0.186. The number of halogens is 2. The molecule has 1 unspecified atom stereocenters. The van der Waals surface area contributed by atoms with Crippen molar-refractivity contribution in [1.82, 2.24) is 10.2 Å². The normalized spacial score (nSPS) is 27.3. The number of ether oxygens (including phenoxy) is 1. The molecule has 0 aromatic heterocycles. The Balaban J connectivity index is 0.00000200. The lowest BCUT2D eigenvalue weighted by Crippen LogP contribution is -2.46. The first kappa shape index (κ1) is 20.9. The minimum absolute atomic E-state index is 0. The third-order valence-electron chi connectivity index (χ3n) is 4.03. The average Bonchev–Trinajstić information content (AvgIpc) is 2.88. The summed E-state index contributed by atoms with van der Waals surface area (Å²) in [6.45, 7) is 5.85. The first-order chi connectivity index (χ1) is 9.19. The van der Waals surface area contributed by atoms with E-state index < -0.39 is 0 Å². The molecule has 0 aromatic carbocycles. The molecule has 126 valence electrons. The van der Waals surface area contributed by atoms with Crippen molar-refractivity contribution in [2.75, 3.05) is 26.2 Å². The molecule has 3 N–H and O–H groups in total. The van der Waals surface area contributed by atoms with Crippen LogP contribution in [0.2, 0.25) is 0 Å². The first-order valence-corrected chi connectivity index (χ1v) is 7.57. The van der Waals surface area contributed by atoms with Crippen LogP contribution in [0.5, 0.6) is 0 Å². The summed E-state index contributed by atoms with van der Waals surface area (Å²) in [7, 11) is 0. The third-order valence-corrected chi connectivity index (χ3v) is 4.03. The van der Waals surface area contributed by atoms with Gasteiger partial charge in [0.05, 0.1) is 6.10 Å². The van der Waals surface area contributed by atoms with Gasteiger partial charge in [0.25, 0.3) is 0 Å². The topological polar surface area (TPSA) is 67.6 Å². The predicted molar refractivity (Wildman–Crippen MR) is 89.3 cm³/mol. The molecular formula is C14H29Cl2N3O2. The molecule has 0 aliphatic carbocycles. The van der Waals surface area contributed by atoms with Gasteiger partial charge in [-0.25, -0.2) is 0 Å². The van der Waals surface area contributed by atoms with Gasteiger partial charge in [-0.1, -0.05) is 6.42 Å². The molecular weight excluding hydrogens is 313 g/mol. The van der Waals surface area contributed by atoms with Crippen molar-refractivity contribution < 1.29 is 9.53 Å². The van der Waals surface area contributed by atoms with E-state index in [4.69, 9.17) is 10.5 Å². The Morgan fingerprint density at radius 2 is 1.95 bits per heavy atom. The van der Waals surface area contributed by atoms with E-state index in [1.54, 1.807) is 0 Å². The van der Waals surface area contributed by atoms with Crippen molar-refractivity contribution in [1.29, 1.82) is 0 Å². The van der Waals surface area contributed by atoms with E-state index in [1.807, 2.05) is 0 Å². The van der Waals surface area contributed by atoms with Crippen molar-refractivity contribution in [2.45, 2.75) is 57.3 Å². The number of carbonyl (C=O) groups is 1. The number of hydrogen-bond acceptors (Lipinski definition) is 4. The Bertz CT molecular complexity index is 302. The fourth-order valence-corrected chi connectivity index (χ4v) is 2.98. The number of likely N-dealkylation sites (tertiary alicyclic amines) is 1. The molecule has 0 radical (unpaired) electrons. The molecule has 1 amide bonds. The van der Waals surface area contributed by atoms with Crippen LogP contribution in [-0.4, -0.2) is 55.2 Å². The quantitative estimate of drug-likeness (QED) is 0.791. The monoisotopic (exact) mass is 341 g/mol. The lowest BCUT2D eigenvalue weighted by molar-refractivity contribution is -0.132. The van der Waals surface area contributed by atoms with E-state index >= 15 is 0 Å². The molecule has 2 heterocycles. The Morgan fingerprint density at radius 3 is 2.52 bits per heavy atom. The Labute approximate surface area is 140 Å². The van der Waals surface area contributed by atoms with E-state index in [9.17, 15) is 4.79 Å². The fourth-order valence-electron chi connectivity index (χ4n) is 2.98. The first-order valence-electron chi connectivity index (χ1n) is 7.57. The van der Waals surface area contributed by atoms with Gasteiger partial charge in [-0.05, 0) is 45.7 Å². The zero-order valence-electron chi connectivity index (χ0n) is 12.8. The predicted octanol–water partition coefficient (Wildman–Crippen LogP) is 1.33. The van der Waals surface area contributed by atoms with Gasteiger partial charge in [-0.3, -0.25) is 4.79 Å². The molecule has 0 spiro atoms. The molecule has 21 heavy (non-hydrogen) atoms. The summed E-state index contributed by atoms with van der Waals surface area (Å²) in [5.74, 6) is 0.0282. The third kappa shape index (κ3) is 6.70. The van der Waals surface area contributed by atoms with Crippen LogP contribution < -0.4 is 11.1 Å². The molecule has 2 fully saturated rings. The Kier molecular flexibility index (Phi) is 10.6. The van der Waals surface area contributed by atoms with Crippen molar-refractivity contribution in [3.63, 3.8) is 0 Å². The van der Waals surface area contributed by atoms with E-state index in [-0.39, 0.29) is 49.0 Å². The SMILES string of the molecule is CC(CN1CCCCC1)NC(=O)[C@@H]1CC[C@H](CN)O1.Cl.Cl. The highest BCUT2D eigenvalue weighted by atomic mass is 35.5. The van der Waals surface area contributed by atoms with Gasteiger partial charge in [0.2, 0.25) is 5.91 Å². The van der Waals surface area contributed by atoms with E-state index in [2.05, 4.69) is 17.1 Å². The van der Waals surface area contributed by atoms with Crippen LogP contribution in [-0.2, 0) is 9.53 Å². The molecule has 2 aliphatic heterocycles. The van der Waals surface area contributed by atoms with Gasteiger partial charge in [-0.15, -0.1) is 24.8 Å². The van der Waals surface area contributed by atoms with Crippen LogP contribution in [0.1, 0.15) is 39.0 Å². The van der Waals surface area contributed by atoms with Crippen molar-refractivity contribution >= 4 is 30.7 Å². The number of rotatable bonds is 5. The van der Waals surface area contributed by atoms with Crippen molar-refractivity contribution in [2.24, 2.45) is 5.73 Å². The molecule has 3 atom stereocenters. The van der Waals surface area contributed by atoms with Crippen LogP contribution in [0.4, 0.5) is 0 Å². The lowest BCUT2D eigenvalue weighted by atomic mass is 10.1. The summed E-state index contributed by atoms with van der Waals surface area (Å²) in [5.41, 5.74) is 5.56. The highest BCUT2D eigenvalue weighted by Crippen LogP contribution is 2.19. The molecule has 0 aromatic rings. The summed E-state index contributed by atoms with van der Waals surface area (Å²) in [4.78, 5) is 14.5. The minimum Gasteiger partial charge on any atom is -0.364 e. The molecule has 2 rings (SSSR count). The molecule has 0 bridgehead atoms. The van der Waals surface area contributed by atoms with Gasteiger partial charge in [0.1, 0.15) is 6.10 Å². The number of amides is 1. The summed E-state index contributed by atoms with van der Waals surface area (Å²) < 4.78 is 5.61. The lowest BCUT2D eigenvalue weighted by Gasteiger charge is -2.29. The maximum atomic E-state index is 12.1. The standard InChI is InChI=1S/C14H27N3O2.2ClH/c1-11(10-17-7-3-2-4-8-17)16-14(18)13-6-5-12(9-15)19-13;;/h11-13H,2-10,15H2,1H3,(H,16,18);2*1H/t11?,12-,13+;;/m1../s1. The Hall–Kier alpha value is -0.0700. The van der Waals surface area contributed by atoms with Crippen LogP contribution in [0, 0.1) is 0 Å². The smallest absolute Gasteiger partial charge is 0.249 e. The average molecular weight is 342 g/mol. The number of nitrogens with one attached hydrogen (secondary N) is 1.